The molecule has 0 unspecified atom stereocenters. The summed E-state index contributed by atoms with van der Waals surface area (Å²) in [6.45, 7) is 0. The summed E-state index contributed by atoms with van der Waals surface area (Å²) in [4.78, 5) is 28.9. The number of nitrogens with one attached hydrogen (secondary N) is 2. The molecule has 3 aromatic rings. The zero-order chi connectivity index (χ0) is 25.9. The topological polar surface area (TPSA) is 108 Å². The van der Waals surface area contributed by atoms with Crippen molar-refractivity contribution >= 4 is 35.6 Å². The molecule has 0 saturated heterocycles. The van der Waals surface area contributed by atoms with E-state index in [1.54, 1.807) is 95.2 Å². The van der Waals surface area contributed by atoms with Crippen LogP contribution < -0.4 is 29.6 Å². The summed E-state index contributed by atoms with van der Waals surface area (Å²) in [7, 11) is 6.20. The number of carbonyl (C=O) groups is 2. The first-order valence-electron chi connectivity index (χ1n) is 10.8. The van der Waals surface area contributed by atoms with E-state index in [0.717, 1.165) is 11.1 Å². The maximum absolute atomic E-state index is 12.3. The molecule has 0 atom stereocenters. The Hall–Kier alpha value is -4.79. The number of carbonyl (C=O) groups excluding carboxylic acids is 2. The van der Waals surface area contributed by atoms with Gasteiger partial charge in [-0.15, -0.1) is 0 Å². The van der Waals surface area contributed by atoms with Gasteiger partial charge in [-0.05, 0) is 59.7 Å². The van der Waals surface area contributed by atoms with Crippen LogP contribution in [0.4, 0.5) is 11.6 Å². The Morgan fingerprint density at radius 3 is 1.44 bits per heavy atom. The van der Waals surface area contributed by atoms with Gasteiger partial charge in [-0.25, -0.2) is 4.98 Å². The minimum absolute atomic E-state index is 0.290. The van der Waals surface area contributed by atoms with Crippen molar-refractivity contribution in [2.45, 2.75) is 0 Å². The molecule has 36 heavy (non-hydrogen) atoms. The minimum Gasteiger partial charge on any atom is -0.493 e. The standard InChI is InChI=1S/C27H27N3O6/c1-33-20-12-8-18(16-22(20)35-3)10-14-26(31)29-24-6-5-7-25(28-24)30-27(32)15-11-19-9-13-21(34-2)23(17-19)36-4/h5-17H,1-4H3,(H2,28,29,30,31,32)/b14-10-,15-11+. The number of rotatable bonds is 10. The Morgan fingerprint density at radius 1 is 0.639 bits per heavy atom. The Kier molecular flexibility index (Phi) is 9.05. The molecule has 0 radical (unpaired) electrons. The number of aromatic nitrogens is 1. The zero-order valence-corrected chi connectivity index (χ0v) is 20.4. The van der Waals surface area contributed by atoms with Gasteiger partial charge in [0.25, 0.3) is 0 Å². The highest BCUT2D eigenvalue weighted by molar-refractivity contribution is 6.03. The quantitative estimate of drug-likeness (QED) is 0.406. The van der Waals surface area contributed by atoms with Gasteiger partial charge in [0.05, 0.1) is 28.4 Å². The monoisotopic (exact) mass is 489 g/mol. The van der Waals surface area contributed by atoms with E-state index >= 15 is 0 Å². The van der Waals surface area contributed by atoms with Gasteiger partial charge in [-0.3, -0.25) is 9.59 Å². The fourth-order valence-corrected chi connectivity index (χ4v) is 3.17. The second-order valence-corrected chi connectivity index (χ2v) is 7.28. The number of anilines is 2. The van der Waals surface area contributed by atoms with Crippen LogP contribution in [0.25, 0.3) is 12.2 Å². The molecule has 0 aliphatic carbocycles. The van der Waals surface area contributed by atoms with Gasteiger partial charge in [-0.1, -0.05) is 18.2 Å². The SMILES string of the molecule is COc1ccc(/C=C\C(=O)Nc2cccc(NC(=O)/C=C/c3ccc(OC)c(OC)c3)n2)cc1OC. The largest absolute Gasteiger partial charge is 0.493 e. The van der Waals surface area contributed by atoms with Crippen LogP contribution in [0.1, 0.15) is 11.1 Å². The van der Waals surface area contributed by atoms with Gasteiger partial charge in [0.1, 0.15) is 11.6 Å². The molecular weight excluding hydrogens is 462 g/mol. The third kappa shape index (κ3) is 7.10. The van der Waals surface area contributed by atoms with Gasteiger partial charge in [0.2, 0.25) is 11.8 Å². The number of amides is 2. The number of benzene rings is 2. The lowest BCUT2D eigenvalue weighted by atomic mass is 10.2. The number of pyridine rings is 1. The second-order valence-electron chi connectivity index (χ2n) is 7.28. The lowest BCUT2D eigenvalue weighted by Crippen LogP contribution is -2.12. The van der Waals surface area contributed by atoms with Crippen molar-refractivity contribution in [2.24, 2.45) is 0 Å². The summed E-state index contributed by atoms with van der Waals surface area (Å²) in [5.41, 5.74) is 1.52. The maximum atomic E-state index is 12.3. The van der Waals surface area contributed by atoms with E-state index < -0.39 is 0 Å². The molecule has 2 amide bonds. The smallest absolute Gasteiger partial charge is 0.249 e. The maximum Gasteiger partial charge on any atom is 0.249 e. The highest BCUT2D eigenvalue weighted by Crippen LogP contribution is 2.29. The summed E-state index contributed by atoms with van der Waals surface area (Å²) in [5, 5.41) is 5.34. The average molecular weight is 490 g/mol. The molecule has 0 aliphatic rings. The van der Waals surface area contributed by atoms with E-state index in [0.29, 0.717) is 34.6 Å². The van der Waals surface area contributed by atoms with Crippen molar-refractivity contribution in [1.29, 1.82) is 0 Å². The molecule has 0 bridgehead atoms. The van der Waals surface area contributed by atoms with Crippen molar-refractivity contribution in [1.82, 2.24) is 4.98 Å². The molecule has 9 nitrogen and oxygen atoms in total. The molecule has 0 saturated carbocycles. The third-order valence-corrected chi connectivity index (χ3v) is 4.92. The fourth-order valence-electron chi connectivity index (χ4n) is 3.17. The van der Waals surface area contributed by atoms with Crippen molar-refractivity contribution in [3.63, 3.8) is 0 Å². The molecule has 2 aromatic carbocycles. The van der Waals surface area contributed by atoms with Crippen LogP contribution in [0.2, 0.25) is 0 Å². The lowest BCUT2D eigenvalue weighted by molar-refractivity contribution is -0.112. The molecule has 2 N–H and O–H groups in total. The normalized spacial score (nSPS) is 10.8. The zero-order valence-electron chi connectivity index (χ0n) is 20.4. The van der Waals surface area contributed by atoms with Gasteiger partial charge in [0, 0.05) is 12.2 Å². The highest BCUT2D eigenvalue weighted by Gasteiger charge is 2.06. The highest BCUT2D eigenvalue weighted by atomic mass is 16.5. The Morgan fingerprint density at radius 2 is 1.06 bits per heavy atom. The number of nitrogens with zero attached hydrogens (tertiary/aromatic N) is 1. The Balaban J connectivity index is 1.60. The van der Waals surface area contributed by atoms with E-state index in [1.807, 2.05) is 0 Å². The van der Waals surface area contributed by atoms with Gasteiger partial charge >= 0.3 is 0 Å². The van der Waals surface area contributed by atoms with Crippen LogP contribution in [0.15, 0.2) is 66.7 Å². The van der Waals surface area contributed by atoms with Crippen LogP contribution >= 0.6 is 0 Å². The van der Waals surface area contributed by atoms with Gasteiger partial charge in [0.15, 0.2) is 23.0 Å². The Labute approximate surface area is 209 Å². The predicted molar refractivity (Wildman–Crippen MR) is 139 cm³/mol. The van der Waals surface area contributed by atoms with Gasteiger partial charge < -0.3 is 29.6 Å². The van der Waals surface area contributed by atoms with Gasteiger partial charge in [-0.2, -0.15) is 0 Å². The van der Waals surface area contributed by atoms with Crippen LogP contribution in [0.5, 0.6) is 23.0 Å². The number of methoxy groups -OCH3 is 4. The summed E-state index contributed by atoms with van der Waals surface area (Å²) in [5.74, 6) is 2.14. The van der Waals surface area contributed by atoms with Crippen molar-refractivity contribution in [2.75, 3.05) is 39.1 Å². The molecule has 0 fully saturated rings. The van der Waals surface area contributed by atoms with Crippen molar-refractivity contribution in [3.8, 4) is 23.0 Å². The average Bonchev–Trinajstić information content (AvgIpc) is 2.90. The second kappa shape index (κ2) is 12.6. The Bertz CT molecular complexity index is 1190. The predicted octanol–water partition coefficient (Wildman–Crippen LogP) is 4.42. The number of ether oxygens (including phenoxy) is 4. The molecule has 0 spiro atoms. The van der Waals surface area contributed by atoms with E-state index in [2.05, 4.69) is 15.6 Å². The molecule has 3 rings (SSSR count). The summed E-state index contributed by atoms with van der Waals surface area (Å²) in [6, 6.07) is 15.5. The fraction of sp³-hybridized carbons (Fsp3) is 0.148. The van der Waals surface area contributed by atoms with Crippen LogP contribution in [0.3, 0.4) is 0 Å². The number of hydrogen-bond acceptors (Lipinski definition) is 7. The van der Waals surface area contributed by atoms with E-state index in [1.165, 1.54) is 12.2 Å². The van der Waals surface area contributed by atoms with Crippen LogP contribution in [-0.2, 0) is 9.59 Å². The third-order valence-electron chi connectivity index (χ3n) is 4.92. The first kappa shape index (κ1) is 25.8. The van der Waals surface area contributed by atoms with E-state index in [4.69, 9.17) is 18.9 Å². The molecule has 1 aromatic heterocycles. The van der Waals surface area contributed by atoms with Crippen molar-refractivity contribution in [3.05, 3.63) is 77.9 Å². The van der Waals surface area contributed by atoms with Crippen LogP contribution in [-0.4, -0.2) is 45.2 Å². The first-order valence-corrected chi connectivity index (χ1v) is 10.8. The van der Waals surface area contributed by atoms with E-state index in [-0.39, 0.29) is 11.8 Å². The molecule has 1 heterocycles. The van der Waals surface area contributed by atoms with Crippen LogP contribution in [0, 0.1) is 0 Å². The summed E-state index contributed by atoms with van der Waals surface area (Å²) in [6.07, 6.45) is 6.03. The lowest BCUT2D eigenvalue weighted by Gasteiger charge is -2.08. The summed E-state index contributed by atoms with van der Waals surface area (Å²) < 4.78 is 21.0. The molecule has 186 valence electrons. The molecule has 0 aliphatic heterocycles. The van der Waals surface area contributed by atoms with Crippen molar-refractivity contribution < 1.29 is 28.5 Å². The summed E-state index contributed by atoms with van der Waals surface area (Å²) >= 11 is 0. The number of hydrogen-bond donors (Lipinski definition) is 2. The minimum atomic E-state index is -0.380. The molecular formula is C27H27N3O6. The van der Waals surface area contributed by atoms with E-state index in [9.17, 15) is 9.59 Å². The first-order chi connectivity index (χ1) is 17.4. The molecule has 9 heteroatoms.